The highest BCUT2D eigenvalue weighted by atomic mass is 16.1. The van der Waals surface area contributed by atoms with Crippen molar-refractivity contribution in [3.8, 4) is 0 Å². The molecule has 0 aliphatic rings. The van der Waals surface area contributed by atoms with E-state index in [4.69, 9.17) is 0 Å². The molecule has 0 fully saturated rings. The first kappa shape index (κ1) is 16.7. The number of aldehydes is 1. The number of rotatable bonds is 8. The molecule has 118 valence electrons. The number of unbranched alkanes of at least 4 members (excludes halogenated alkanes) is 1. The number of benzene rings is 2. The first-order valence-electron chi connectivity index (χ1n) is 8.22. The Labute approximate surface area is 134 Å². The molecule has 0 saturated heterocycles. The lowest BCUT2D eigenvalue weighted by atomic mass is 9.73. The van der Waals surface area contributed by atoms with E-state index in [0.717, 1.165) is 32.2 Å². The smallest absolute Gasteiger partial charge is 0.130 e. The van der Waals surface area contributed by atoms with Crippen LogP contribution in [0.25, 0.3) is 10.8 Å². The van der Waals surface area contributed by atoms with Crippen LogP contribution in [0.2, 0.25) is 0 Å². The van der Waals surface area contributed by atoms with Gasteiger partial charge in [-0.3, -0.25) is 0 Å². The van der Waals surface area contributed by atoms with Crippen molar-refractivity contribution in [2.45, 2.75) is 38.0 Å². The summed E-state index contributed by atoms with van der Waals surface area (Å²) in [6, 6.07) is 14.7. The second kappa shape index (κ2) is 7.55. The highest BCUT2D eigenvalue weighted by Gasteiger charge is 2.32. The summed E-state index contributed by atoms with van der Waals surface area (Å²) in [6.45, 7) is 3.11. The van der Waals surface area contributed by atoms with E-state index in [0.29, 0.717) is 0 Å². The minimum atomic E-state index is -0.374. The van der Waals surface area contributed by atoms with Crippen LogP contribution in [0.5, 0.6) is 0 Å². The van der Waals surface area contributed by atoms with Gasteiger partial charge in [0, 0.05) is 0 Å². The van der Waals surface area contributed by atoms with Crippen molar-refractivity contribution < 1.29 is 4.79 Å². The van der Waals surface area contributed by atoms with E-state index in [1.165, 1.54) is 22.6 Å². The van der Waals surface area contributed by atoms with Gasteiger partial charge < -0.3 is 9.69 Å². The normalized spacial score (nSPS) is 14.2. The van der Waals surface area contributed by atoms with E-state index >= 15 is 0 Å². The van der Waals surface area contributed by atoms with Gasteiger partial charge in [-0.15, -0.1) is 0 Å². The molecule has 0 heterocycles. The lowest BCUT2D eigenvalue weighted by molar-refractivity contribution is -0.113. The number of hydrogen-bond acceptors (Lipinski definition) is 2. The number of hydrogen-bond donors (Lipinski definition) is 0. The molecule has 0 amide bonds. The molecule has 2 aromatic rings. The molecule has 0 aliphatic heterocycles. The average Bonchev–Trinajstić information content (AvgIpc) is 2.55. The van der Waals surface area contributed by atoms with Crippen LogP contribution in [0.1, 0.15) is 38.2 Å². The maximum Gasteiger partial charge on any atom is 0.130 e. The standard InChI is InChI=1S/C20H27NO/c1-4-5-13-20(16-22,14-15-21(2)3)19-12-8-10-17-9-6-7-11-18(17)19/h6-12,16H,4-5,13-15H2,1-3H3/t20-/m1/s1. The Bertz CT molecular complexity index is 615. The van der Waals surface area contributed by atoms with Gasteiger partial charge in [-0.1, -0.05) is 62.2 Å². The molecule has 22 heavy (non-hydrogen) atoms. The number of fused-ring (bicyclic) bond motifs is 1. The highest BCUT2D eigenvalue weighted by Crippen LogP contribution is 2.36. The molecule has 0 aliphatic carbocycles. The van der Waals surface area contributed by atoms with Gasteiger partial charge in [0.25, 0.3) is 0 Å². The summed E-state index contributed by atoms with van der Waals surface area (Å²) in [4.78, 5) is 14.3. The van der Waals surface area contributed by atoms with Gasteiger partial charge in [0.05, 0.1) is 5.41 Å². The van der Waals surface area contributed by atoms with Gasteiger partial charge >= 0.3 is 0 Å². The SMILES string of the molecule is CCCC[C@](C=O)(CCN(C)C)c1cccc2ccccc12. The van der Waals surface area contributed by atoms with Crippen molar-refractivity contribution in [3.05, 3.63) is 48.0 Å². The third-order valence-electron chi connectivity index (χ3n) is 4.53. The average molecular weight is 297 g/mol. The van der Waals surface area contributed by atoms with Crippen molar-refractivity contribution in [1.82, 2.24) is 4.90 Å². The van der Waals surface area contributed by atoms with Crippen LogP contribution in [-0.2, 0) is 10.2 Å². The Morgan fingerprint density at radius 2 is 1.77 bits per heavy atom. The van der Waals surface area contributed by atoms with Crippen LogP contribution in [0, 0.1) is 0 Å². The first-order valence-corrected chi connectivity index (χ1v) is 8.22. The maximum atomic E-state index is 12.2. The Hall–Kier alpha value is -1.67. The summed E-state index contributed by atoms with van der Waals surface area (Å²) < 4.78 is 0. The van der Waals surface area contributed by atoms with Crippen molar-refractivity contribution in [2.24, 2.45) is 0 Å². The van der Waals surface area contributed by atoms with E-state index in [1.54, 1.807) is 0 Å². The van der Waals surface area contributed by atoms with E-state index in [1.807, 2.05) is 0 Å². The van der Waals surface area contributed by atoms with Crippen LogP contribution in [0.15, 0.2) is 42.5 Å². The molecular formula is C20H27NO. The molecule has 0 spiro atoms. The van der Waals surface area contributed by atoms with E-state index in [-0.39, 0.29) is 5.41 Å². The number of nitrogens with zero attached hydrogens (tertiary/aromatic N) is 1. The fraction of sp³-hybridized carbons (Fsp3) is 0.450. The molecule has 0 aromatic heterocycles. The summed E-state index contributed by atoms with van der Waals surface area (Å²) in [6.07, 6.45) is 5.19. The van der Waals surface area contributed by atoms with Gasteiger partial charge in [-0.25, -0.2) is 0 Å². The predicted molar refractivity (Wildman–Crippen MR) is 94.4 cm³/mol. The summed E-state index contributed by atoms with van der Waals surface area (Å²) >= 11 is 0. The van der Waals surface area contributed by atoms with Crippen molar-refractivity contribution in [2.75, 3.05) is 20.6 Å². The molecule has 1 atom stereocenters. The van der Waals surface area contributed by atoms with E-state index in [9.17, 15) is 4.79 Å². The van der Waals surface area contributed by atoms with Gasteiger partial charge in [0.1, 0.15) is 6.29 Å². The zero-order valence-corrected chi connectivity index (χ0v) is 14.0. The third kappa shape index (κ3) is 3.56. The molecule has 2 nitrogen and oxygen atoms in total. The second-order valence-corrected chi connectivity index (χ2v) is 6.46. The van der Waals surface area contributed by atoms with Crippen LogP contribution < -0.4 is 0 Å². The Morgan fingerprint density at radius 3 is 2.45 bits per heavy atom. The Kier molecular flexibility index (Phi) is 5.73. The predicted octanol–water partition coefficient (Wildman–Crippen LogP) is 4.42. The molecule has 0 N–H and O–H groups in total. The molecular weight excluding hydrogens is 270 g/mol. The Morgan fingerprint density at radius 1 is 1.05 bits per heavy atom. The van der Waals surface area contributed by atoms with Crippen LogP contribution in [-0.4, -0.2) is 31.8 Å². The van der Waals surface area contributed by atoms with E-state index in [2.05, 4.69) is 68.4 Å². The summed E-state index contributed by atoms with van der Waals surface area (Å²) in [7, 11) is 4.14. The summed E-state index contributed by atoms with van der Waals surface area (Å²) in [5.41, 5.74) is 0.817. The zero-order chi connectivity index (χ0) is 16.0. The minimum absolute atomic E-state index is 0.374. The monoisotopic (exact) mass is 297 g/mol. The Balaban J connectivity index is 2.51. The van der Waals surface area contributed by atoms with Crippen molar-refractivity contribution in [1.29, 1.82) is 0 Å². The number of carbonyl (C=O) groups excluding carboxylic acids is 1. The molecule has 0 radical (unpaired) electrons. The first-order chi connectivity index (χ1) is 10.6. The molecule has 0 saturated carbocycles. The van der Waals surface area contributed by atoms with Gasteiger partial charge in [-0.05, 0) is 49.8 Å². The van der Waals surface area contributed by atoms with Gasteiger partial charge in [0.15, 0.2) is 0 Å². The largest absolute Gasteiger partial charge is 0.309 e. The quantitative estimate of drug-likeness (QED) is 0.672. The van der Waals surface area contributed by atoms with Crippen molar-refractivity contribution >= 4 is 17.1 Å². The lowest BCUT2D eigenvalue weighted by Crippen LogP contribution is -2.32. The second-order valence-electron chi connectivity index (χ2n) is 6.46. The fourth-order valence-corrected chi connectivity index (χ4v) is 3.15. The molecule has 2 aromatic carbocycles. The lowest BCUT2D eigenvalue weighted by Gasteiger charge is -2.31. The number of carbonyl (C=O) groups is 1. The summed E-state index contributed by atoms with van der Waals surface area (Å²) in [5, 5.41) is 2.43. The van der Waals surface area contributed by atoms with Crippen molar-refractivity contribution in [3.63, 3.8) is 0 Å². The molecule has 0 unspecified atom stereocenters. The molecule has 2 rings (SSSR count). The minimum Gasteiger partial charge on any atom is -0.309 e. The van der Waals surface area contributed by atoms with Crippen LogP contribution in [0.3, 0.4) is 0 Å². The molecule has 0 bridgehead atoms. The summed E-state index contributed by atoms with van der Waals surface area (Å²) in [5.74, 6) is 0. The van der Waals surface area contributed by atoms with Crippen LogP contribution >= 0.6 is 0 Å². The van der Waals surface area contributed by atoms with Gasteiger partial charge in [0.2, 0.25) is 0 Å². The third-order valence-corrected chi connectivity index (χ3v) is 4.53. The zero-order valence-electron chi connectivity index (χ0n) is 14.0. The van der Waals surface area contributed by atoms with E-state index < -0.39 is 0 Å². The van der Waals surface area contributed by atoms with Crippen LogP contribution in [0.4, 0.5) is 0 Å². The highest BCUT2D eigenvalue weighted by molar-refractivity contribution is 5.90. The maximum absolute atomic E-state index is 12.2. The fourth-order valence-electron chi connectivity index (χ4n) is 3.15. The topological polar surface area (TPSA) is 20.3 Å². The molecule has 2 heteroatoms. The van der Waals surface area contributed by atoms with Gasteiger partial charge in [-0.2, -0.15) is 0 Å².